The zero-order valence-electron chi connectivity index (χ0n) is 15.2. The molecule has 0 fully saturated rings. The maximum Gasteiger partial charge on any atom is 0.339 e. The summed E-state index contributed by atoms with van der Waals surface area (Å²) >= 11 is 0. The van der Waals surface area contributed by atoms with E-state index in [0.29, 0.717) is 12.0 Å². The first-order chi connectivity index (χ1) is 13.2. The molecule has 0 amide bonds. The van der Waals surface area contributed by atoms with Gasteiger partial charge >= 0.3 is 5.97 Å². The minimum absolute atomic E-state index is 0.306. The van der Waals surface area contributed by atoms with Crippen molar-refractivity contribution in [2.24, 2.45) is 0 Å². The van der Waals surface area contributed by atoms with Gasteiger partial charge in [0.15, 0.2) is 20.8 Å². The molecular weight excluding hydrogens is 352 g/mol. The van der Waals surface area contributed by atoms with Crippen molar-refractivity contribution in [1.82, 2.24) is 0 Å². The van der Waals surface area contributed by atoms with Gasteiger partial charge in [0.05, 0.1) is 16.5 Å². The maximum absolute atomic E-state index is 12.5. The van der Waals surface area contributed by atoms with Crippen molar-refractivity contribution in [2.75, 3.05) is 0 Å². The quantitative estimate of drug-likeness (QED) is 0.331. The summed E-state index contributed by atoms with van der Waals surface area (Å²) in [6.07, 6.45) is 5.51. The van der Waals surface area contributed by atoms with Crippen molar-refractivity contribution in [1.29, 1.82) is 0 Å². The monoisotopic (exact) mass is 373 g/mol. The molecule has 0 aliphatic rings. The molecule has 0 heterocycles. The number of rotatable bonds is 6. The molecule has 0 saturated heterocycles. The van der Waals surface area contributed by atoms with Crippen molar-refractivity contribution >= 4 is 16.9 Å². The third kappa shape index (κ3) is 4.61. The molecule has 3 aromatic carbocycles. The third-order valence-electron chi connectivity index (χ3n) is 4.07. The van der Waals surface area contributed by atoms with E-state index >= 15 is 0 Å². The fourth-order valence-corrected chi connectivity index (χ4v) is 4.84. The van der Waals surface area contributed by atoms with Crippen LogP contribution in [0.4, 0.5) is 0 Å². The molecule has 134 valence electrons. The van der Waals surface area contributed by atoms with E-state index in [1.807, 2.05) is 55.5 Å². The Kier molecular flexibility index (Phi) is 6.35. The van der Waals surface area contributed by atoms with Crippen molar-refractivity contribution < 1.29 is 9.53 Å². The van der Waals surface area contributed by atoms with Crippen LogP contribution in [0, 0.1) is 12.3 Å². The predicted molar refractivity (Wildman–Crippen MR) is 110 cm³/mol. The van der Waals surface area contributed by atoms with Gasteiger partial charge in [-0.15, -0.1) is 6.42 Å². The Bertz CT molecular complexity index is 890. The Balaban J connectivity index is 1.99. The second kappa shape index (κ2) is 9.12. The van der Waals surface area contributed by atoms with Crippen LogP contribution >= 0.6 is 0 Å². The summed E-state index contributed by atoms with van der Waals surface area (Å²) in [5.41, 5.74) is 0.519. The van der Waals surface area contributed by atoms with E-state index in [1.165, 1.54) is 9.79 Å². The molecule has 0 aliphatic heterocycles. The Morgan fingerprint density at radius 1 is 0.926 bits per heavy atom. The van der Waals surface area contributed by atoms with Crippen LogP contribution in [0.1, 0.15) is 23.7 Å². The maximum atomic E-state index is 12.5. The first-order valence-corrected chi connectivity index (χ1v) is 10.1. The van der Waals surface area contributed by atoms with Crippen LogP contribution in [-0.4, -0.2) is 12.1 Å². The van der Waals surface area contributed by atoms with E-state index in [4.69, 9.17) is 11.2 Å². The topological polar surface area (TPSA) is 26.3 Å². The molecule has 27 heavy (non-hydrogen) atoms. The highest BCUT2D eigenvalue weighted by Crippen LogP contribution is 2.31. The molecule has 3 rings (SSSR count). The summed E-state index contributed by atoms with van der Waals surface area (Å²) in [5, 5.41) is 0. The summed E-state index contributed by atoms with van der Waals surface area (Å²) < 4.78 is 5.41. The molecule has 0 N–H and O–H groups in total. The van der Waals surface area contributed by atoms with Crippen LogP contribution in [0.15, 0.2) is 99.6 Å². The normalized spacial score (nSPS) is 11.6. The van der Waals surface area contributed by atoms with Crippen molar-refractivity contribution in [3.63, 3.8) is 0 Å². The van der Waals surface area contributed by atoms with Gasteiger partial charge in [-0.1, -0.05) is 55.3 Å². The van der Waals surface area contributed by atoms with Crippen LogP contribution in [0.25, 0.3) is 0 Å². The number of hydrogen-bond donors (Lipinski definition) is 0. The van der Waals surface area contributed by atoms with Crippen LogP contribution in [0.3, 0.4) is 0 Å². The Labute approximate surface area is 163 Å². The lowest BCUT2D eigenvalue weighted by molar-refractivity contribution is 0.0404. The van der Waals surface area contributed by atoms with E-state index in [1.54, 1.807) is 6.07 Å². The highest BCUT2D eigenvalue weighted by molar-refractivity contribution is 7.97. The van der Waals surface area contributed by atoms with E-state index in [9.17, 15) is 4.79 Å². The molecule has 0 aromatic heterocycles. The zero-order chi connectivity index (χ0) is 19.1. The highest BCUT2D eigenvalue weighted by Gasteiger charge is 2.29. The lowest BCUT2D eigenvalue weighted by Gasteiger charge is -2.11. The second-order valence-electron chi connectivity index (χ2n) is 5.93. The molecule has 1 unspecified atom stereocenters. The number of benzene rings is 3. The van der Waals surface area contributed by atoms with E-state index in [2.05, 4.69) is 36.3 Å². The first-order valence-electron chi connectivity index (χ1n) is 8.84. The molecule has 0 spiro atoms. The van der Waals surface area contributed by atoms with Gasteiger partial charge in [0, 0.05) is 6.07 Å². The lowest BCUT2D eigenvalue weighted by atomic mass is 10.2. The first kappa shape index (κ1) is 18.8. The average Bonchev–Trinajstić information content (AvgIpc) is 2.74. The molecular formula is C24H21O2S+. The molecule has 0 saturated carbocycles. The van der Waals surface area contributed by atoms with Gasteiger partial charge < -0.3 is 4.74 Å². The summed E-state index contributed by atoms with van der Waals surface area (Å²) in [6.45, 7) is 1.90. The fraction of sp³-hybridized carbons (Fsp3) is 0.125. The second-order valence-corrected chi connectivity index (χ2v) is 7.96. The summed E-state index contributed by atoms with van der Waals surface area (Å²) in [5.74, 6) is 2.12. The minimum Gasteiger partial charge on any atom is -0.446 e. The molecule has 3 heteroatoms. The Morgan fingerprint density at radius 3 is 2.00 bits per heavy atom. The van der Waals surface area contributed by atoms with Gasteiger partial charge in [-0.3, -0.25) is 0 Å². The van der Waals surface area contributed by atoms with Gasteiger partial charge in [-0.05, 0) is 42.8 Å². The van der Waals surface area contributed by atoms with Crippen LogP contribution < -0.4 is 0 Å². The van der Waals surface area contributed by atoms with E-state index < -0.39 is 6.10 Å². The standard InChI is InChI=1S/C24H21O2S/c1-3-20(4-2)26-24(25)19-12-11-17-23(18-19)27(21-13-7-5-8-14-21)22-15-9-6-10-16-22/h1,5-18,20H,4H2,2H3/q+1. The number of carbonyl (C=O) groups excluding carboxylic acids is 1. The molecule has 0 aliphatic carbocycles. The van der Waals surface area contributed by atoms with Crippen molar-refractivity contribution in [3.05, 3.63) is 90.5 Å². The largest absolute Gasteiger partial charge is 0.446 e. The van der Waals surface area contributed by atoms with Gasteiger partial charge in [-0.25, -0.2) is 4.79 Å². The highest BCUT2D eigenvalue weighted by atomic mass is 32.2. The van der Waals surface area contributed by atoms with Gasteiger partial charge in [0.1, 0.15) is 0 Å². The van der Waals surface area contributed by atoms with E-state index in [-0.39, 0.29) is 16.9 Å². The predicted octanol–water partition coefficient (Wildman–Crippen LogP) is 5.35. The zero-order valence-corrected chi connectivity index (χ0v) is 16.0. The SMILES string of the molecule is C#CC(CC)OC(=O)c1cccc([S+](c2ccccc2)c2ccccc2)c1. The molecule has 3 aromatic rings. The third-order valence-corrected chi connectivity index (χ3v) is 6.28. The number of carbonyl (C=O) groups is 1. The summed E-state index contributed by atoms with van der Waals surface area (Å²) in [6, 6.07) is 28.3. The number of ether oxygens (including phenoxy) is 1. The average molecular weight is 373 g/mol. The Morgan fingerprint density at radius 2 is 1.48 bits per heavy atom. The smallest absolute Gasteiger partial charge is 0.339 e. The van der Waals surface area contributed by atoms with Gasteiger partial charge in [0.2, 0.25) is 0 Å². The molecule has 1 atom stereocenters. The van der Waals surface area contributed by atoms with Crippen LogP contribution in [0.5, 0.6) is 0 Å². The number of hydrogen-bond acceptors (Lipinski definition) is 2. The molecule has 0 bridgehead atoms. The lowest BCUT2D eigenvalue weighted by Crippen LogP contribution is -2.16. The Hall–Kier alpha value is -2.96. The fourth-order valence-electron chi connectivity index (χ4n) is 2.70. The number of esters is 1. The van der Waals surface area contributed by atoms with Crippen molar-refractivity contribution in [3.8, 4) is 12.3 Å². The molecule has 2 nitrogen and oxygen atoms in total. The summed E-state index contributed by atoms with van der Waals surface area (Å²) in [4.78, 5) is 16.0. The van der Waals surface area contributed by atoms with Crippen LogP contribution in [-0.2, 0) is 15.6 Å². The van der Waals surface area contributed by atoms with E-state index in [0.717, 1.165) is 4.90 Å². The minimum atomic E-state index is -0.498. The van der Waals surface area contributed by atoms with Gasteiger partial charge in [-0.2, -0.15) is 0 Å². The number of terminal acetylenes is 1. The summed E-state index contributed by atoms with van der Waals surface area (Å²) in [7, 11) is -0.306. The van der Waals surface area contributed by atoms with Crippen LogP contribution in [0.2, 0.25) is 0 Å². The van der Waals surface area contributed by atoms with Gasteiger partial charge in [0.25, 0.3) is 0 Å². The molecule has 0 radical (unpaired) electrons. The van der Waals surface area contributed by atoms with Crippen molar-refractivity contribution in [2.45, 2.75) is 34.1 Å².